The monoisotopic (exact) mass is 572 g/mol. The average molecular weight is 573 g/mol. The van der Waals surface area contributed by atoms with Gasteiger partial charge in [0.05, 0.1) is 19.8 Å². The topological polar surface area (TPSA) is 122 Å². The third-order valence-electron chi connectivity index (χ3n) is 7.77. The number of nitrogens with one attached hydrogen (secondary N) is 1. The number of rotatable bonds is 17. The van der Waals surface area contributed by atoms with Crippen molar-refractivity contribution in [2.75, 3.05) is 39.5 Å². The Balaban J connectivity index is 1.61. The third-order valence-corrected chi connectivity index (χ3v) is 7.77. The number of anilines is 1. The van der Waals surface area contributed by atoms with Gasteiger partial charge in [0.25, 0.3) is 0 Å². The summed E-state index contributed by atoms with van der Waals surface area (Å²) in [6.45, 7) is 9.66. The lowest BCUT2D eigenvalue weighted by Crippen LogP contribution is -2.41. The molecule has 9 heteroatoms. The van der Waals surface area contributed by atoms with E-state index in [1.165, 1.54) is 0 Å². The molecule has 3 rings (SSSR count). The first-order chi connectivity index (χ1) is 19.6. The van der Waals surface area contributed by atoms with E-state index < -0.39 is 18.1 Å². The van der Waals surface area contributed by atoms with Crippen LogP contribution in [0.3, 0.4) is 0 Å². The fourth-order valence-electron chi connectivity index (χ4n) is 5.07. The fourth-order valence-corrected chi connectivity index (χ4v) is 5.07. The van der Waals surface area contributed by atoms with Crippen molar-refractivity contribution in [3.8, 4) is 23.0 Å². The lowest BCUT2D eigenvalue weighted by Gasteiger charge is -2.30. The molecule has 4 atom stereocenters. The van der Waals surface area contributed by atoms with Crippen LogP contribution in [0.25, 0.3) is 0 Å². The SMILES string of the molecule is COCCCOc1cc(C[C@@H](C[C@H](N)[C@@H](O)C[C@H](C(=O)Nc2ccc3c(c2)OCO3)C(C)C)C(C)C)ccc1OC. The minimum Gasteiger partial charge on any atom is -0.493 e. The van der Waals surface area contributed by atoms with Gasteiger partial charge in [-0.05, 0) is 66.8 Å². The van der Waals surface area contributed by atoms with Gasteiger partial charge in [-0.1, -0.05) is 33.8 Å². The summed E-state index contributed by atoms with van der Waals surface area (Å²) >= 11 is 0. The Hall–Kier alpha value is -3.01. The zero-order chi connectivity index (χ0) is 29.9. The Kier molecular flexibility index (Phi) is 12.6. The van der Waals surface area contributed by atoms with Crippen LogP contribution in [0.15, 0.2) is 36.4 Å². The molecule has 0 saturated heterocycles. The number of carbonyl (C=O) groups excluding carboxylic acids is 1. The molecule has 1 aliphatic rings. The predicted octanol–water partition coefficient (Wildman–Crippen LogP) is 5.03. The summed E-state index contributed by atoms with van der Waals surface area (Å²) < 4.78 is 27.3. The summed E-state index contributed by atoms with van der Waals surface area (Å²) in [6, 6.07) is 10.9. The number of ether oxygens (including phenoxy) is 5. The predicted molar refractivity (Wildman–Crippen MR) is 160 cm³/mol. The molecule has 0 radical (unpaired) electrons. The van der Waals surface area contributed by atoms with Crippen LogP contribution in [0.4, 0.5) is 5.69 Å². The van der Waals surface area contributed by atoms with Crippen molar-refractivity contribution in [1.29, 1.82) is 0 Å². The van der Waals surface area contributed by atoms with E-state index in [1.54, 1.807) is 32.4 Å². The standard InChI is InChI=1S/C32H48N2O7/c1-20(2)23(14-22-8-10-28(38-6)30(15-22)39-13-7-12-37-5)16-26(33)27(35)18-25(21(3)4)32(36)34-24-9-11-29-31(17-24)41-19-40-29/h8-11,15,17,20-21,23,25-27,35H,7,12-14,16,18-19,33H2,1-6H3,(H,34,36)/t23-,25-,26-,27-/m0/s1. The van der Waals surface area contributed by atoms with E-state index in [9.17, 15) is 9.90 Å². The van der Waals surface area contributed by atoms with Crippen LogP contribution in [-0.2, 0) is 16.0 Å². The van der Waals surface area contributed by atoms with Gasteiger partial charge in [-0.2, -0.15) is 0 Å². The van der Waals surface area contributed by atoms with E-state index in [0.29, 0.717) is 54.2 Å². The summed E-state index contributed by atoms with van der Waals surface area (Å²) in [5.74, 6) is 2.70. The molecule has 0 unspecified atom stereocenters. The third kappa shape index (κ3) is 9.51. The quantitative estimate of drug-likeness (QED) is 0.226. The first-order valence-corrected chi connectivity index (χ1v) is 14.6. The van der Waals surface area contributed by atoms with Crippen molar-refractivity contribution >= 4 is 11.6 Å². The number of aliphatic hydroxyl groups is 1. The molecule has 1 aliphatic heterocycles. The van der Waals surface area contributed by atoms with Gasteiger partial charge >= 0.3 is 0 Å². The van der Waals surface area contributed by atoms with E-state index in [4.69, 9.17) is 29.4 Å². The molecular weight excluding hydrogens is 524 g/mol. The highest BCUT2D eigenvalue weighted by Gasteiger charge is 2.30. The Morgan fingerprint density at radius 3 is 2.41 bits per heavy atom. The lowest BCUT2D eigenvalue weighted by molar-refractivity contribution is -0.122. The van der Waals surface area contributed by atoms with Crippen molar-refractivity contribution in [2.24, 2.45) is 29.4 Å². The summed E-state index contributed by atoms with van der Waals surface area (Å²) in [5, 5.41) is 14.1. The molecular formula is C32H48N2O7. The molecule has 0 bridgehead atoms. The summed E-state index contributed by atoms with van der Waals surface area (Å²) in [5.41, 5.74) is 8.32. The molecule has 1 amide bonds. The molecule has 41 heavy (non-hydrogen) atoms. The molecule has 9 nitrogen and oxygen atoms in total. The lowest BCUT2D eigenvalue weighted by atomic mass is 9.81. The number of benzene rings is 2. The molecule has 0 fully saturated rings. The van der Waals surface area contributed by atoms with Crippen molar-refractivity contribution < 1.29 is 33.6 Å². The molecule has 1 heterocycles. The Morgan fingerprint density at radius 1 is 0.976 bits per heavy atom. The maximum atomic E-state index is 13.2. The minimum absolute atomic E-state index is 0.0216. The van der Waals surface area contributed by atoms with Gasteiger partial charge in [0.1, 0.15) is 0 Å². The van der Waals surface area contributed by atoms with E-state index >= 15 is 0 Å². The molecule has 2 aromatic rings. The number of nitrogens with two attached hydrogens (primary N) is 1. The number of methoxy groups -OCH3 is 2. The van der Waals surface area contributed by atoms with Gasteiger partial charge in [0.15, 0.2) is 23.0 Å². The molecule has 2 aromatic carbocycles. The largest absolute Gasteiger partial charge is 0.493 e. The van der Waals surface area contributed by atoms with Crippen LogP contribution in [0.1, 0.15) is 52.5 Å². The smallest absolute Gasteiger partial charge is 0.231 e. The van der Waals surface area contributed by atoms with E-state index in [0.717, 1.165) is 18.4 Å². The van der Waals surface area contributed by atoms with E-state index in [-0.39, 0.29) is 31.0 Å². The number of hydrogen-bond acceptors (Lipinski definition) is 8. The zero-order valence-corrected chi connectivity index (χ0v) is 25.4. The van der Waals surface area contributed by atoms with E-state index in [1.807, 2.05) is 32.0 Å². The maximum Gasteiger partial charge on any atom is 0.231 e. The van der Waals surface area contributed by atoms with Crippen LogP contribution in [0.5, 0.6) is 23.0 Å². The highest BCUT2D eigenvalue weighted by molar-refractivity contribution is 5.93. The highest BCUT2D eigenvalue weighted by Crippen LogP contribution is 2.35. The molecule has 0 spiro atoms. The number of aliphatic hydroxyl groups excluding tert-OH is 1. The van der Waals surface area contributed by atoms with Gasteiger partial charge < -0.3 is 39.8 Å². The van der Waals surface area contributed by atoms with Crippen molar-refractivity contribution in [3.63, 3.8) is 0 Å². The second-order valence-corrected chi connectivity index (χ2v) is 11.5. The van der Waals surface area contributed by atoms with Crippen LogP contribution in [0.2, 0.25) is 0 Å². The Morgan fingerprint density at radius 2 is 1.73 bits per heavy atom. The number of fused-ring (bicyclic) bond motifs is 1. The maximum absolute atomic E-state index is 13.2. The zero-order valence-electron chi connectivity index (χ0n) is 25.4. The molecule has 0 saturated carbocycles. The molecule has 0 aliphatic carbocycles. The van der Waals surface area contributed by atoms with E-state index in [2.05, 4.69) is 19.2 Å². The summed E-state index contributed by atoms with van der Waals surface area (Å²) in [7, 11) is 3.31. The van der Waals surface area contributed by atoms with Gasteiger partial charge in [-0.3, -0.25) is 4.79 Å². The van der Waals surface area contributed by atoms with Gasteiger partial charge in [0, 0.05) is 43.9 Å². The van der Waals surface area contributed by atoms with Gasteiger partial charge in [0.2, 0.25) is 12.7 Å². The second-order valence-electron chi connectivity index (χ2n) is 11.5. The van der Waals surface area contributed by atoms with Crippen LogP contribution in [-0.4, -0.2) is 57.4 Å². The minimum atomic E-state index is -0.818. The molecule has 4 N–H and O–H groups in total. The first kappa shape index (κ1) is 32.5. The normalized spacial score (nSPS) is 15.5. The number of carbonyl (C=O) groups is 1. The average Bonchev–Trinajstić information content (AvgIpc) is 3.41. The summed E-state index contributed by atoms with van der Waals surface area (Å²) in [6.07, 6.45) is 1.67. The number of hydrogen-bond donors (Lipinski definition) is 3. The van der Waals surface area contributed by atoms with Gasteiger partial charge in [-0.25, -0.2) is 0 Å². The van der Waals surface area contributed by atoms with Crippen LogP contribution >= 0.6 is 0 Å². The number of amides is 1. The highest BCUT2D eigenvalue weighted by atomic mass is 16.7. The van der Waals surface area contributed by atoms with Crippen molar-refractivity contribution in [2.45, 2.75) is 65.5 Å². The second kappa shape index (κ2) is 15.8. The fraction of sp³-hybridized carbons (Fsp3) is 0.594. The molecule has 0 aromatic heterocycles. The van der Waals surface area contributed by atoms with Crippen LogP contribution < -0.4 is 30.0 Å². The van der Waals surface area contributed by atoms with Gasteiger partial charge in [-0.15, -0.1) is 0 Å². The molecule has 228 valence electrons. The Bertz CT molecular complexity index is 1110. The Labute approximate surface area is 244 Å². The van der Waals surface area contributed by atoms with Crippen LogP contribution in [0, 0.1) is 23.7 Å². The van der Waals surface area contributed by atoms with Crippen molar-refractivity contribution in [3.05, 3.63) is 42.0 Å². The van der Waals surface area contributed by atoms with Crippen molar-refractivity contribution in [1.82, 2.24) is 0 Å². The first-order valence-electron chi connectivity index (χ1n) is 14.6. The summed E-state index contributed by atoms with van der Waals surface area (Å²) in [4.78, 5) is 13.2.